The number of rotatable bonds is 11. The van der Waals surface area contributed by atoms with Crippen LogP contribution in [0.3, 0.4) is 0 Å². The Balaban J connectivity index is 1.93. The highest BCUT2D eigenvalue weighted by molar-refractivity contribution is 5.65. The molecule has 7 nitrogen and oxygen atoms in total. The lowest BCUT2D eigenvalue weighted by Crippen LogP contribution is -2.40. The highest BCUT2D eigenvalue weighted by Gasteiger charge is 2.25. The van der Waals surface area contributed by atoms with Crippen LogP contribution in [0.15, 0.2) is 54.6 Å². The highest BCUT2D eigenvalue weighted by atomic mass is 16.5. The van der Waals surface area contributed by atoms with Crippen molar-refractivity contribution in [3.05, 3.63) is 60.2 Å². The van der Waals surface area contributed by atoms with Gasteiger partial charge in [-0.2, -0.15) is 5.10 Å². The second-order valence-corrected chi connectivity index (χ2v) is 10.00. The Hall–Kier alpha value is -2.87. The molecule has 35 heavy (non-hydrogen) atoms. The molecule has 1 heterocycles. The topological polar surface area (TPSA) is 69.0 Å². The summed E-state index contributed by atoms with van der Waals surface area (Å²) in [5.41, 5.74) is 2.55. The first-order valence-electron chi connectivity index (χ1n) is 12.1. The number of aliphatic hydroxyl groups excluding tert-OH is 1. The maximum absolute atomic E-state index is 10.7. The summed E-state index contributed by atoms with van der Waals surface area (Å²) < 4.78 is 19.2. The fraction of sp³-hybridized carbons (Fsp3) is 0.464. The lowest BCUT2D eigenvalue weighted by molar-refractivity contribution is -0.0587. The van der Waals surface area contributed by atoms with E-state index in [2.05, 4.69) is 30.9 Å². The van der Waals surface area contributed by atoms with Gasteiger partial charge < -0.3 is 19.3 Å². The molecular formula is C28H39N3O4. The molecule has 2 aromatic carbocycles. The van der Waals surface area contributed by atoms with Gasteiger partial charge >= 0.3 is 0 Å². The van der Waals surface area contributed by atoms with Crippen molar-refractivity contribution in [2.24, 2.45) is 7.05 Å². The maximum Gasteiger partial charge on any atom is 0.222 e. The number of aromatic nitrogens is 2. The normalized spacial score (nSPS) is 12.9. The molecule has 0 saturated heterocycles. The molecule has 0 fully saturated rings. The Labute approximate surface area is 209 Å². The molecule has 0 saturated carbocycles. The molecule has 7 heteroatoms. The minimum absolute atomic E-state index is 0.192. The van der Waals surface area contributed by atoms with Gasteiger partial charge in [-0.25, -0.2) is 4.68 Å². The van der Waals surface area contributed by atoms with E-state index in [1.165, 1.54) is 0 Å². The fourth-order valence-corrected chi connectivity index (χ4v) is 3.74. The second-order valence-electron chi connectivity index (χ2n) is 10.00. The number of aryl methyl sites for hydroxylation is 1. The molecule has 0 spiro atoms. The summed E-state index contributed by atoms with van der Waals surface area (Å²) in [6.45, 7) is 11.5. The summed E-state index contributed by atoms with van der Waals surface area (Å²) in [4.78, 5) is 2.22. The third kappa shape index (κ3) is 7.56. The van der Waals surface area contributed by atoms with E-state index in [1.807, 2.05) is 70.3 Å². The van der Waals surface area contributed by atoms with Crippen molar-refractivity contribution >= 4 is 0 Å². The highest BCUT2D eigenvalue weighted by Crippen LogP contribution is 2.35. The average Bonchev–Trinajstić information content (AvgIpc) is 3.12. The standard InChI is InChI=1S/C28H39N3O4/c1-20(2)31(17-22(32)19-34-28(3,4)5)18-25-26(21-11-9-8-10-12-21)29-30(6)27(25)35-24-15-13-23(33-7)14-16-24/h8-16,20,22,32H,17-19H2,1-7H3. The molecule has 3 rings (SSSR count). The van der Waals surface area contributed by atoms with Crippen LogP contribution in [-0.4, -0.2) is 57.8 Å². The van der Waals surface area contributed by atoms with Gasteiger partial charge in [-0.05, 0) is 58.9 Å². The molecule has 1 unspecified atom stereocenters. The predicted molar refractivity (Wildman–Crippen MR) is 139 cm³/mol. The van der Waals surface area contributed by atoms with Crippen molar-refractivity contribution in [3.63, 3.8) is 0 Å². The third-order valence-corrected chi connectivity index (χ3v) is 5.65. The lowest BCUT2D eigenvalue weighted by atomic mass is 10.1. The van der Waals surface area contributed by atoms with Crippen LogP contribution in [0, 0.1) is 0 Å². The van der Waals surface area contributed by atoms with E-state index in [4.69, 9.17) is 19.3 Å². The van der Waals surface area contributed by atoms with Crippen molar-refractivity contribution in [2.45, 2.75) is 58.9 Å². The molecule has 1 aromatic heterocycles. The molecule has 0 bridgehead atoms. The van der Waals surface area contributed by atoms with Gasteiger partial charge in [0.05, 0.1) is 31.0 Å². The molecule has 0 aliphatic rings. The van der Waals surface area contributed by atoms with Crippen LogP contribution in [0.4, 0.5) is 0 Å². The van der Waals surface area contributed by atoms with Crippen molar-refractivity contribution < 1.29 is 19.3 Å². The van der Waals surface area contributed by atoms with E-state index in [0.29, 0.717) is 24.7 Å². The molecule has 1 atom stereocenters. The first-order chi connectivity index (χ1) is 16.6. The van der Waals surface area contributed by atoms with Crippen molar-refractivity contribution in [1.29, 1.82) is 0 Å². The summed E-state index contributed by atoms with van der Waals surface area (Å²) in [5.74, 6) is 2.13. The number of nitrogens with zero attached hydrogens (tertiary/aromatic N) is 3. The number of methoxy groups -OCH3 is 1. The zero-order chi connectivity index (χ0) is 25.6. The number of benzene rings is 2. The van der Waals surface area contributed by atoms with Crippen molar-refractivity contribution in [1.82, 2.24) is 14.7 Å². The van der Waals surface area contributed by atoms with Gasteiger partial charge in [0.15, 0.2) is 0 Å². The minimum Gasteiger partial charge on any atom is -0.497 e. The molecule has 1 N–H and O–H groups in total. The van der Waals surface area contributed by atoms with Crippen LogP contribution in [0.5, 0.6) is 17.4 Å². The molecule has 3 aromatic rings. The Morgan fingerprint density at radius 1 is 1.00 bits per heavy atom. The zero-order valence-electron chi connectivity index (χ0n) is 22.0. The summed E-state index contributed by atoms with van der Waals surface area (Å²) in [6, 6.07) is 17.8. The van der Waals surface area contributed by atoms with Gasteiger partial charge in [-0.15, -0.1) is 0 Å². The fourth-order valence-electron chi connectivity index (χ4n) is 3.74. The quantitative estimate of drug-likeness (QED) is 0.402. The van der Waals surface area contributed by atoms with Gasteiger partial charge in [-0.1, -0.05) is 30.3 Å². The van der Waals surface area contributed by atoms with Gasteiger partial charge in [-0.3, -0.25) is 4.90 Å². The van der Waals surface area contributed by atoms with Crippen LogP contribution in [-0.2, 0) is 18.3 Å². The van der Waals surface area contributed by atoms with Crippen LogP contribution < -0.4 is 9.47 Å². The Morgan fingerprint density at radius 2 is 1.63 bits per heavy atom. The first kappa shape index (κ1) is 26.7. The van der Waals surface area contributed by atoms with Crippen molar-refractivity contribution in [3.8, 4) is 28.6 Å². The number of hydrogen-bond donors (Lipinski definition) is 1. The van der Waals surface area contributed by atoms with E-state index in [0.717, 1.165) is 22.6 Å². The summed E-state index contributed by atoms with van der Waals surface area (Å²) in [7, 11) is 3.53. The molecule has 190 valence electrons. The maximum atomic E-state index is 10.7. The molecule has 0 aliphatic heterocycles. The summed E-state index contributed by atoms with van der Waals surface area (Å²) in [5, 5.41) is 15.5. The Bertz CT molecular complexity index is 1060. The monoisotopic (exact) mass is 481 g/mol. The molecule has 0 radical (unpaired) electrons. The lowest BCUT2D eigenvalue weighted by Gasteiger charge is -2.30. The van der Waals surface area contributed by atoms with Crippen LogP contribution >= 0.6 is 0 Å². The van der Waals surface area contributed by atoms with Crippen LogP contribution in [0.1, 0.15) is 40.2 Å². The van der Waals surface area contributed by atoms with E-state index in [9.17, 15) is 5.11 Å². The van der Waals surface area contributed by atoms with Gasteiger partial charge in [0.1, 0.15) is 17.2 Å². The van der Waals surface area contributed by atoms with Crippen LogP contribution in [0.25, 0.3) is 11.3 Å². The summed E-state index contributed by atoms with van der Waals surface area (Å²) >= 11 is 0. The number of aliphatic hydroxyl groups is 1. The number of ether oxygens (including phenoxy) is 3. The van der Waals surface area contributed by atoms with E-state index in [-0.39, 0.29) is 18.2 Å². The third-order valence-electron chi connectivity index (χ3n) is 5.65. The Kier molecular flexibility index (Phi) is 8.94. The SMILES string of the molecule is COc1ccc(Oc2c(CN(CC(O)COC(C)(C)C)C(C)C)c(-c3ccccc3)nn2C)cc1. The molecule has 0 amide bonds. The molecule has 0 aliphatic carbocycles. The van der Waals surface area contributed by atoms with Crippen molar-refractivity contribution in [2.75, 3.05) is 20.3 Å². The second kappa shape index (κ2) is 11.7. The van der Waals surface area contributed by atoms with Gasteiger partial charge in [0.25, 0.3) is 0 Å². The Morgan fingerprint density at radius 3 is 2.20 bits per heavy atom. The van der Waals surface area contributed by atoms with E-state index >= 15 is 0 Å². The number of hydrogen-bond acceptors (Lipinski definition) is 6. The smallest absolute Gasteiger partial charge is 0.222 e. The first-order valence-corrected chi connectivity index (χ1v) is 12.1. The van der Waals surface area contributed by atoms with Crippen LogP contribution in [0.2, 0.25) is 0 Å². The largest absolute Gasteiger partial charge is 0.497 e. The zero-order valence-corrected chi connectivity index (χ0v) is 22.0. The summed E-state index contributed by atoms with van der Waals surface area (Å²) in [6.07, 6.45) is -0.612. The average molecular weight is 482 g/mol. The minimum atomic E-state index is -0.612. The van der Waals surface area contributed by atoms with Gasteiger partial charge in [0.2, 0.25) is 5.88 Å². The van der Waals surface area contributed by atoms with Gasteiger partial charge in [0, 0.05) is 31.7 Å². The predicted octanol–water partition coefficient (Wildman–Crippen LogP) is 5.27. The van der Waals surface area contributed by atoms with E-state index < -0.39 is 6.10 Å². The van der Waals surface area contributed by atoms with E-state index in [1.54, 1.807) is 11.8 Å². The molecular weight excluding hydrogens is 442 g/mol.